The van der Waals surface area contributed by atoms with Gasteiger partial charge in [0, 0.05) is 5.69 Å². The van der Waals surface area contributed by atoms with Gasteiger partial charge in [-0.15, -0.1) is 0 Å². The molecule has 1 aliphatic heterocycles. The van der Waals surface area contributed by atoms with Gasteiger partial charge in [-0.3, -0.25) is 9.59 Å². The molecule has 114 valence electrons. The number of carbonyl (C=O) groups is 2. The molecular formula is C14H18Cl2N3O2+. The summed E-state index contributed by atoms with van der Waals surface area (Å²) in [6.07, 6.45) is 1.72. The average molecular weight is 331 g/mol. The molecule has 0 aliphatic carbocycles. The lowest BCUT2D eigenvalue weighted by atomic mass is 9.97. The first-order valence-corrected chi connectivity index (χ1v) is 7.59. The van der Waals surface area contributed by atoms with Gasteiger partial charge in [-0.25, -0.2) is 0 Å². The van der Waals surface area contributed by atoms with E-state index in [4.69, 9.17) is 28.9 Å². The molecule has 1 fully saturated rings. The van der Waals surface area contributed by atoms with Crippen molar-refractivity contribution in [3.63, 3.8) is 0 Å². The van der Waals surface area contributed by atoms with Gasteiger partial charge in [0.2, 0.25) is 5.91 Å². The largest absolute Gasteiger partial charge is 0.369 e. The normalized spacial score (nSPS) is 21.8. The Morgan fingerprint density at radius 1 is 1.33 bits per heavy atom. The molecule has 1 aliphatic rings. The summed E-state index contributed by atoms with van der Waals surface area (Å²) in [4.78, 5) is 24.3. The van der Waals surface area contributed by atoms with Crippen molar-refractivity contribution in [1.82, 2.24) is 0 Å². The van der Waals surface area contributed by atoms with Crippen molar-refractivity contribution < 1.29 is 14.5 Å². The number of piperidine rings is 1. The number of quaternary nitrogens is 1. The molecule has 1 heterocycles. The van der Waals surface area contributed by atoms with Crippen LogP contribution in [0.3, 0.4) is 0 Å². The smallest absolute Gasteiger partial charge is 0.279 e. The van der Waals surface area contributed by atoms with Crippen molar-refractivity contribution in [3.8, 4) is 0 Å². The van der Waals surface area contributed by atoms with Gasteiger partial charge in [-0.1, -0.05) is 23.2 Å². The predicted molar refractivity (Wildman–Crippen MR) is 82.6 cm³/mol. The maximum atomic E-state index is 12.0. The zero-order valence-corrected chi connectivity index (χ0v) is 13.0. The van der Waals surface area contributed by atoms with Crippen LogP contribution in [0.2, 0.25) is 10.0 Å². The van der Waals surface area contributed by atoms with Crippen molar-refractivity contribution in [2.45, 2.75) is 12.8 Å². The summed E-state index contributed by atoms with van der Waals surface area (Å²) >= 11 is 11.7. The molecule has 0 saturated carbocycles. The molecule has 1 aromatic rings. The summed E-state index contributed by atoms with van der Waals surface area (Å²) in [5.41, 5.74) is 5.94. The monoisotopic (exact) mass is 330 g/mol. The number of nitrogens with two attached hydrogens (primary N) is 1. The molecule has 0 bridgehead atoms. The van der Waals surface area contributed by atoms with Crippen molar-refractivity contribution >= 4 is 40.7 Å². The summed E-state index contributed by atoms with van der Waals surface area (Å²) < 4.78 is 0. The minimum absolute atomic E-state index is 0.117. The van der Waals surface area contributed by atoms with Crippen LogP contribution in [0.4, 0.5) is 5.69 Å². The van der Waals surface area contributed by atoms with E-state index in [0.717, 1.165) is 24.3 Å². The van der Waals surface area contributed by atoms with Crippen molar-refractivity contribution in [2.24, 2.45) is 11.7 Å². The Bertz CT molecular complexity index is 551. The molecule has 2 amide bonds. The zero-order chi connectivity index (χ0) is 15.4. The maximum Gasteiger partial charge on any atom is 0.279 e. The highest BCUT2D eigenvalue weighted by molar-refractivity contribution is 6.42. The summed E-state index contributed by atoms with van der Waals surface area (Å²) in [6, 6.07) is 4.94. The number of benzene rings is 1. The van der Waals surface area contributed by atoms with E-state index in [1.54, 1.807) is 18.2 Å². The minimum atomic E-state index is -0.280. The quantitative estimate of drug-likeness (QED) is 0.760. The second-order valence-electron chi connectivity index (χ2n) is 5.30. The molecule has 2 atom stereocenters. The van der Waals surface area contributed by atoms with E-state index in [-0.39, 0.29) is 17.7 Å². The number of halogens is 2. The minimum Gasteiger partial charge on any atom is -0.369 e. The van der Waals surface area contributed by atoms with Crippen molar-refractivity contribution in [2.75, 3.05) is 25.0 Å². The summed E-state index contributed by atoms with van der Waals surface area (Å²) in [5, 5.41) is 3.62. The zero-order valence-electron chi connectivity index (χ0n) is 11.5. The number of hydrogen-bond donors (Lipinski definition) is 3. The molecule has 21 heavy (non-hydrogen) atoms. The van der Waals surface area contributed by atoms with Gasteiger partial charge in [-0.05, 0) is 31.0 Å². The third-order valence-electron chi connectivity index (χ3n) is 3.63. The number of carbonyl (C=O) groups excluding carboxylic acids is 2. The van der Waals surface area contributed by atoms with Gasteiger partial charge in [0.1, 0.15) is 0 Å². The molecule has 7 heteroatoms. The highest BCUT2D eigenvalue weighted by Gasteiger charge is 2.28. The van der Waals surface area contributed by atoms with E-state index in [2.05, 4.69) is 5.32 Å². The van der Waals surface area contributed by atoms with Crippen molar-refractivity contribution in [1.29, 1.82) is 0 Å². The molecule has 1 unspecified atom stereocenters. The average Bonchev–Trinajstić information content (AvgIpc) is 2.43. The Kier molecular flexibility index (Phi) is 5.45. The lowest BCUT2D eigenvalue weighted by Gasteiger charge is -2.27. The van der Waals surface area contributed by atoms with Gasteiger partial charge in [0.05, 0.1) is 29.1 Å². The molecule has 2 rings (SSSR count). The molecule has 0 spiro atoms. The maximum absolute atomic E-state index is 12.0. The number of primary amides is 1. The van der Waals surface area contributed by atoms with Gasteiger partial charge >= 0.3 is 0 Å². The van der Waals surface area contributed by atoms with Gasteiger partial charge < -0.3 is 16.0 Å². The second kappa shape index (κ2) is 7.11. The van der Waals surface area contributed by atoms with E-state index < -0.39 is 0 Å². The molecule has 0 aromatic heterocycles. The van der Waals surface area contributed by atoms with Gasteiger partial charge in [0.25, 0.3) is 5.91 Å². The lowest BCUT2D eigenvalue weighted by Crippen LogP contribution is -3.14. The van der Waals surface area contributed by atoms with Crippen LogP contribution >= 0.6 is 23.2 Å². The second-order valence-corrected chi connectivity index (χ2v) is 6.11. The summed E-state index contributed by atoms with van der Waals surface area (Å²) in [5.74, 6) is -0.530. The fraction of sp³-hybridized carbons (Fsp3) is 0.429. The van der Waals surface area contributed by atoms with Crippen LogP contribution in [0.5, 0.6) is 0 Å². The Balaban J connectivity index is 1.89. The SMILES string of the molecule is NC(=O)[C@H]1CCC[NH+](CC(=O)Nc2ccc(Cl)c(Cl)c2)C1. The number of hydrogen-bond acceptors (Lipinski definition) is 2. The first kappa shape index (κ1) is 16.1. The van der Waals surface area contributed by atoms with Crippen LogP contribution < -0.4 is 16.0 Å². The highest BCUT2D eigenvalue weighted by atomic mass is 35.5. The van der Waals surface area contributed by atoms with Gasteiger partial charge in [-0.2, -0.15) is 0 Å². The molecule has 5 nitrogen and oxygen atoms in total. The molecule has 1 aromatic carbocycles. The first-order valence-electron chi connectivity index (χ1n) is 6.83. The van der Waals surface area contributed by atoms with Crippen LogP contribution in [0, 0.1) is 5.92 Å². The Labute approximate surface area is 133 Å². The lowest BCUT2D eigenvalue weighted by molar-refractivity contribution is -0.899. The number of rotatable bonds is 4. The topological polar surface area (TPSA) is 76.6 Å². The van der Waals surface area contributed by atoms with Crippen LogP contribution in [-0.4, -0.2) is 31.4 Å². The van der Waals surface area contributed by atoms with Crippen molar-refractivity contribution in [3.05, 3.63) is 28.2 Å². The molecule has 4 N–H and O–H groups in total. The fourth-order valence-corrected chi connectivity index (χ4v) is 2.86. The third kappa shape index (κ3) is 4.59. The Morgan fingerprint density at radius 2 is 2.10 bits per heavy atom. The fourth-order valence-electron chi connectivity index (χ4n) is 2.56. The van der Waals surface area contributed by atoms with Crippen LogP contribution in [0.1, 0.15) is 12.8 Å². The molecular weight excluding hydrogens is 313 g/mol. The molecule has 1 saturated heterocycles. The first-order chi connectivity index (χ1) is 9.95. The Hall–Kier alpha value is -1.30. The molecule has 0 radical (unpaired) electrons. The summed E-state index contributed by atoms with van der Waals surface area (Å²) in [7, 11) is 0. The number of likely N-dealkylation sites (tertiary alicyclic amines) is 1. The van der Waals surface area contributed by atoms with Gasteiger partial charge in [0.15, 0.2) is 6.54 Å². The van der Waals surface area contributed by atoms with E-state index in [1.165, 1.54) is 0 Å². The highest BCUT2D eigenvalue weighted by Crippen LogP contribution is 2.24. The number of anilines is 1. The third-order valence-corrected chi connectivity index (χ3v) is 4.37. The van der Waals surface area contributed by atoms with E-state index in [9.17, 15) is 9.59 Å². The summed E-state index contributed by atoms with van der Waals surface area (Å²) in [6.45, 7) is 1.80. The number of nitrogens with one attached hydrogen (secondary N) is 2. The predicted octanol–water partition coefficient (Wildman–Crippen LogP) is 0.712. The van der Waals surface area contributed by atoms with E-state index >= 15 is 0 Å². The van der Waals surface area contributed by atoms with Crippen LogP contribution in [0.15, 0.2) is 18.2 Å². The Morgan fingerprint density at radius 3 is 2.76 bits per heavy atom. The van der Waals surface area contributed by atoms with Crippen LogP contribution in [-0.2, 0) is 9.59 Å². The van der Waals surface area contributed by atoms with Crippen LogP contribution in [0.25, 0.3) is 0 Å². The van der Waals surface area contributed by atoms with E-state index in [0.29, 0.717) is 28.8 Å². The number of amides is 2. The standard InChI is InChI=1S/C14H17Cl2N3O2/c15-11-4-3-10(6-12(11)16)18-13(20)8-19-5-1-2-9(7-19)14(17)21/h3-4,6,9H,1-2,5,7-8H2,(H2,17,21)(H,18,20)/p+1/t9-/m0/s1. The van der Waals surface area contributed by atoms with E-state index in [1.807, 2.05) is 0 Å².